The first-order valence-electron chi connectivity index (χ1n) is 7.07. The molecular weight excluding hydrogens is 330 g/mol. The Hall–Kier alpha value is -2.32. The van der Waals surface area contributed by atoms with E-state index in [0.717, 1.165) is 21.0 Å². The summed E-state index contributed by atoms with van der Waals surface area (Å²) in [7, 11) is 0. The predicted octanol–water partition coefficient (Wildman–Crippen LogP) is 2.69. The number of hydrogen-bond acceptors (Lipinski definition) is 5. The number of aromatic nitrogens is 4. The summed E-state index contributed by atoms with van der Waals surface area (Å²) in [5.41, 5.74) is 0.947. The van der Waals surface area contributed by atoms with Gasteiger partial charge in [-0.05, 0) is 37.4 Å². The Morgan fingerprint density at radius 1 is 1.48 bits per heavy atom. The van der Waals surface area contributed by atoms with Gasteiger partial charge in [-0.25, -0.2) is 4.98 Å². The zero-order valence-corrected chi connectivity index (χ0v) is 14.1. The van der Waals surface area contributed by atoms with E-state index in [-0.39, 0.29) is 5.91 Å². The van der Waals surface area contributed by atoms with Gasteiger partial charge in [0, 0.05) is 19.2 Å². The first kappa shape index (κ1) is 15.6. The molecule has 0 saturated heterocycles. The van der Waals surface area contributed by atoms with E-state index in [1.165, 1.54) is 6.08 Å². The largest absolute Gasteiger partial charge is 0.351 e. The van der Waals surface area contributed by atoms with Gasteiger partial charge in [0.1, 0.15) is 10.8 Å². The number of fused-ring (bicyclic) bond motifs is 1. The maximum Gasteiger partial charge on any atom is 0.244 e. The number of hydrogen-bond donors (Lipinski definition) is 2. The highest BCUT2D eigenvalue weighted by atomic mass is 32.1. The van der Waals surface area contributed by atoms with Crippen molar-refractivity contribution in [3.05, 3.63) is 45.9 Å². The van der Waals surface area contributed by atoms with Crippen LogP contribution < -0.4 is 5.32 Å². The number of H-pyrrole nitrogens is 1. The van der Waals surface area contributed by atoms with Crippen LogP contribution in [0.4, 0.5) is 0 Å². The summed E-state index contributed by atoms with van der Waals surface area (Å²) in [5, 5.41) is 10.4. The van der Waals surface area contributed by atoms with Gasteiger partial charge in [-0.2, -0.15) is 5.10 Å². The summed E-state index contributed by atoms with van der Waals surface area (Å²) in [6, 6.07) is 7.90. The van der Waals surface area contributed by atoms with Gasteiger partial charge in [0.25, 0.3) is 0 Å². The number of rotatable bonds is 5. The van der Waals surface area contributed by atoms with E-state index < -0.39 is 0 Å². The lowest BCUT2D eigenvalue weighted by molar-refractivity contribution is -0.116. The minimum atomic E-state index is -0.156. The molecule has 8 heteroatoms. The number of aryl methyl sites for hydroxylation is 1. The van der Waals surface area contributed by atoms with Crippen LogP contribution in [0, 0.1) is 11.7 Å². The van der Waals surface area contributed by atoms with Gasteiger partial charge >= 0.3 is 0 Å². The highest BCUT2D eigenvalue weighted by Crippen LogP contribution is 2.22. The van der Waals surface area contributed by atoms with Gasteiger partial charge in [0.05, 0.1) is 10.2 Å². The lowest BCUT2D eigenvalue weighted by Gasteiger charge is -2.04. The maximum atomic E-state index is 11.9. The van der Waals surface area contributed by atoms with Crippen LogP contribution in [0.15, 0.2) is 30.3 Å². The molecule has 0 aliphatic carbocycles. The quantitative estimate of drug-likeness (QED) is 0.551. The monoisotopic (exact) mass is 345 g/mol. The van der Waals surface area contributed by atoms with Crippen LogP contribution in [0.2, 0.25) is 0 Å². The molecule has 6 nitrogen and oxygen atoms in total. The third-order valence-electron chi connectivity index (χ3n) is 3.27. The van der Waals surface area contributed by atoms with Crippen LogP contribution in [-0.4, -0.2) is 32.2 Å². The Bertz CT molecular complexity index is 888. The average Bonchev–Trinajstić information content (AvgIpc) is 3.10. The number of nitrogens with zero attached hydrogens (tertiary/aromatic N) is 3. The van der Waals surface area contributed by atoms with E-state index >= 15 is 0 Å². The third-order valence-corrected chi connectivity index (χ3v) is 4.58. The summed E-state index contributed by atoms with van der Waals surface area (Å²) in [4.78, 5) is 16.3. The number of carbonyl (C=O) groups excluding carboxylic acids is 1. The van der Waals surface area contributed by atoms with E-state index in [9.17, 15) is 4.79 Å². The molecule has 23 heavy (non-hydrogen) atoms. The van der Waals surface area contributed by atoms with Crippen molar-refractivity contribution < 1.29 is 4.79 Å². The number of nitrogens with one attached hydrogen (secondary N) is 2. The van der Waals surface area contributed by atoms with Gasteiger partial charge in [-0.3, -0.25) is 9.89 Å². The molecule has 1 amide bonds. The second-order valence-corrected chi connectivity index (χ2v) is 6.32. The van der Waals surface area contributed by atoms with E-state index in [2.05, 4.69) is 20.5 Å². The van der Waals surface area contributed by atoms with Gasteiger partial charge in [0.15, 0.2) is 4.77 Å². The fourth-order valence-corrected chi connectivity index (χ4v) is 3.26. The molecule has 3 rings (SSSR count). The van der Waals surface area contributed by atoms with Crippen LogP contribution in [0.25, 0.3) is 16.3 Å². The highest BCUT2D eigenvalue weighted by Gasteiger charge is 2.03. The van der Waals surface area contributed by atoms with E-state index in [0.29, 0.717) is 17.9 Å². The molecule has 1 aromatic carbocycles. The molecule has 0 aliphatic rings. The molecular formula is C15H15N5OS2. The first-order chi connectivity index (χ1) is 11.1. The van der Waals surface area contributed by atoms with Crippen LogP contribution in [-0.2, 0) is 11.3 Å². The summed E-state index contributed by atoms with van der Waals surface area (Å²) in [6.07, 6.45) is 3.23. The van der Waals surface area contributed by atoms with Crippen molar-refractivity contribution in [3.63, 3.8) is 0 Å². The van der Waals surface area contributed by atoms with Crippen molar-refractivity contribution in [2.24, 2.45) is 0 Å². The molecule has 0 spiro atoms. The number of thiazole rings is 1. The van der Waals surface area contributed by atoms with Crippen molar-refractivity contribution in [1.82, 2.24) is 25.1 Å². The Labute approximate surface area is 141 Å². The lowest BCUT2D eigenvalue weighted by Crippen LogP contribution is -2.25. The minimum Gasteiger partial charge on any atom is -0.351 e. The predicted molar refractivity (Wildman–Crippen MR) is 93.8 cm³/mol. The van der Waals surface area contributed by atoms with Gasteiger partial charge in [-0.1, -0.05) is 12.1 Å². The van der Waals surface area contributed by atoms with Gasteiger partial charge in [0.2, 0.25) is 5.91 Å². The van der Waals surface area contributed by atoms with Crippen molar-refractivity contribution in [1.29, 1.82) is 0 Å². The minimum absolute atomic E-state index is 0.156. The van der Waals surface area contributed by atoms with Crippen molar-refractivity contribution >= 4 is 45.8 Å². The summed E-state index contributed by atoms with van der Waals surface area (Å²) in [5.74, 6) is 0.645. The fraction of sp³-hybridized carbons (Fsp3) is 0.200. The Kier molecular flexibility index (Phi) is 4.63. The molecule has 2 N–H and O–H groups in total. The molecule has 0 fully saturated rings. The lowest BCUT2D eigenvalue weighted by atomic mass is 10.3. The number of benzene rings is 1. The second-order valence-electron chi connectivity index (χ2n) is 4.87. The van der Waals surface area contributed by atoms with E-state index in [4.69, 9.17) is 12.2 Å². The molecule has 0 unspecified atom stereocenters. The summed E-state index contributed by atoms with van der Waals surface area (Å²) in [6.45, 7) is 2.93. The molecule has 3 aromatic rings. The molecule has 0 saturated carbocycles. The number of para-hydroxylation sites is 1. The first-order valence-corrected chi connectivity index (χ1v) is 8.29. The van der Waals surface area contributed by atoms with Gasteiger partial charge in [-0.15, -0.1) is 11.3 Å². The third kappa shape index (κ3) is 3.72. The topological polar surface area (TPSA) is 75.6 Å². The highest BCUT2D eigenvalue weighted by molar-refractivity contribution is 7.71. The van der Waals surface area contributed by atoms with Crippen molar-refractivity contribution in [2.75, 3.05) is 6.54 Å². The molecule has 2 aromatic heterocycles. The average molecular weight is 345 g/mol. The standard InChI is InChI=1S/C15H15N5OS2/c1-10-18-19-15(22)20(10)9-8-16-13(21)6-7-14-17-11-4-2-3-5-12(11)23-14/h2-7H,8-9H2,1H3,(H,16,21)(H,19,22)/b7-6+. The second kappa shape index (κ2) is 6.84. The molecule has 0 radical (unpaired) electrons. The smallest absolute Gasteiger partial charge is 0.244 e. The van der Waals surface area contributed by atoms with Gasteiger partial charge < -0.3 is 9.88 Å². The van der Waals surface area contributed by atoms with Crippen LogP contribution in [0.5, 0.6) is 0 Å². The zero-order valence-electron chi connectivity index (χ0n) is 12.4. The molecule has 0 bridgehead atoms. The Balaban J connectivity index is 1.55. The molecule has 0 aliphatic heterocycles. The van der Waals surface area contributed by atoms with E-state index in [1.807, 2.05) is 35.8 Å². The van der Waals surface area contributed by atoms with Crippen molar-refractivity contribution in [2.45, 2.75) is 13.5 Å². The zero-order chi connectivity index (χ0) is 16.2. The molecule has 2 heterocycles. The normalized spacial score (nSPS) is 11.3. The number of carbonyl (C=O) groups is 1. The Morgan fingerprint density at radius 2 is 2.30 bits per heavy atom. The summed E-state index contributed by atoms with van der Waals surface area (Å²) < 4.78 is 3.51. The maximum absolute atomic E-state index is 11.9. The van der Waals surface area contributed by atoms with Crippen LogP contribution in [0.3, 0.4) is 0 Å². The Morgan fingerprint density at radius 3 is 3.04 bits per heavy atom. The molecule has 118 valence electrons. The SMILES string of the molecule is Cc1n[nH]c(=S)n1CCNC(=O)/C=C/c1nc2ccccc2s1. The molecule has 0 atom stereocenters. The van der Waals surface area contributed by atoms with Crippen LogP contribution >= 0.6 is 23.6 Å². The fourth-order valence-electron chi connectivity index (χ4n) is 2.12. The summed E-state index contributed by atoms with van der Waals surface area (Å²) >= 11 is 6.67. The number of aromatic amines is 1. The van der Waals surface area contributed by atoms with Crippen LogP contribution in [0.1, 0.15) is 10.8 Å². The number of amides is 1. The van der Waals surface area contributed by atoms with Crippen molar-refractivity contribution in [3.8, 4) is 0 Å². The van der Waals surface area contributed by atoms with E-state index in [1.54, 1.807) is 17.4 Å².